The first-order valence-corrected chi connectivity index (χ1v) is 27.6. The first-order chi connectivity index (χ1) is 33.5. The number of carbonyl (C=O) groups is 2. The van der Waals surface area contributed by atoms with E-state index < -0.39 is 24.1 Å². The lowest BCUT2D eigenvalue weighted by Crippen LogP contribution is -2.30. The molecule has 0 bridgehead atoms. The Balaban J connectivity index is 1.76. The molecule has 2 aromatic rings. The minimum atomic E-state index is -0.652. The van der Waals surface area contributed by atoms with Gasteiger partial charge in [0.05, 0.1) is 20.3 Å². The fourth-order valence-electron chi connectivity index (χ4n) is 8.66. The maximum atomic E-state index is 12.3. The quantitative estimate of drug-likeness (QED) is 0.0365. The van der Waals surface area contributed by atoms with Crippen molar-refractivity contribution in [2.75, 3.05) is 46.8 Å². The topological polar surface area (TPSA) is 98.8 Å². The monoisotopic (exact) mass is 951 g/mol. The van der Waals surface area contributed by atoms with Crippen molar-refractivity contribution < 1.29 is 42.7 Å². The van der Waals surface area contributed by atoms with Crippen molar-refractivity contribution in [1.82, 2.24) is 0 Å². The standard InChI is InChI=1S/C59H98O9/c1-6-10-12-14-16-18-20-22-24-26-28-30-32-34-36-40-44-63-47-51(67-57(60)8-3)49-65-55-46-56(62-5)59(54-43-39-38-42-53(54)55)66-50-52(68-58(61)9-4)48-64-45-41-37-35-33-31-29-27-25-23-21-19-17-15-13-11-7-2/h8-9,38-39,42-43,46,51-52H,3-4,6-7,10-37,40-41,44-45,47-50H2,1-2,5H3. The van der Waals surface area contributed by atoms with E-state index in [0.717, 1.165) is 48.6 Å². The first kappa shape index (κ1) is 60.6. The second kappa shape index (κ2) is 43.5. The predicted octanol–water partition coefficient (Wildman–Crippen LogP) is 16.4. The van der Waals surface area contributed by atoms with Crippen molar-refractivity contribution in [3.63, 3.8) is 0 Å². The van der Waals surface area contributed by atoms with Gasteiger partial charge in [-0.15, -0.1) is 0 Å². The second-order valence-electron chi connectivity index (χ2n) is 18.9. The predicted molar refractivity (Wildman–Crippen MR) is 282 cm³/mol. The van der Waals surface area contributed by atoms with Crippen LogP contribution in [0.1, 0.15) is 219 Å². The number of fused-ring (bicyclic) bond motifs is 1. The molecule has 2 rings (SSSR count). The van der Waals surface area contributed by atoms with Crippen molar-refractivity contribution >= 4 is 22.7 Å². The van der Waals surface area contributed by atoms with Crippen molar-refractivity contribution in [3.05, 3.63) is 55.6 Å². The molecule has 9 nitrogen and oxygen atoms in total. The van der Waals surface area contributed by atoms with E-state index in [-0.39, 0.29) is 26.4 Å². The van der Waals surface area contributed by atoms with E-state index in [0.29, 0.717) is 30.5 Å². The number of rotatable bonds is 49. The highest BCUT2D eigenvalue weighted by Crippen LogP contribution is 2.42. The third kappa shape index (κ3) is 30.8. The molecule has 0 radical (unpaired) electrons. The van der Waals surface area contributed by atoms with Crippen LogP contribution in [0.4, 0.5) is 0 Å². The fourth-order valence-corrected chi connectivity index (χ4v) is 8.66. The van der Waals surface area contributed by atoms with Gasteiger partial charge >= 0.3 is 11.9 Å². The maximum absolute atomic E-state index is 12.3. The van der Waals surface area contributed by atoms with Gasteiger partial charge in [-0.25, -0.2) is 9.59 Å². The van der Waals surface area contributed by atoms with Crippen LogP contribution >= 0.6 is 0 Å². The van der Waals surface area contributed by atoms with Crippen LogP contribution in [0.2, 0.25) is 0 Å². The normalized spacial score (nSPS) is 12.2. The molecule has 9 heteroatoms. The van der Waals surface area contributed by atoms with E-state index in [1.807, 2.05) is 24.3 Å². The maximum Gasteiger partial charge on any atom is 0.330 e. The van der Waals surface area contributed by atoms with Gasteiger partial charge in [0.15, 0.2) is 23.7 Å². The highest BCUT2D eigenvalue weighted by atomic mass is 16.6. The molecule has 0 heterocycles. The number of ether oxygens (including phenoxy) is 7. The molecule has 0 aliphatic rings. The molecule has 0 amide bonds. The molecular weight excluding hydrogens is 853 g/mol. The van der Waals surface area contributed by atoms with E-state index in [1.54, 1.807) is 13.2 Å². The molecule has 0 saturated carbocycles. The van der Waals surface area contributed by atoms with Crippen LogP contribution in [0.25, 0.3) is 10.8 Å². The Bertz CT molecular complexity index is 1540. The summed E-state index contributed by atoms with van der Waals surface area (Å²) in [5.41, 5.74) is 0. The van der Waals surface area contributed by atoms with Crippen molar-refractivity contribution in [3.8, 4) is 17.2 Å². The molecule has 68 heavy (non-hydrogen) atoms. The Labute approximate surface area is 415 Å². The average Bonchev–Trinajstić information content (AvgIpc) is 3.36. The van der Waals surface area contributed by atoms with E-state index in [1.165, 1.54) is 180 Å². The fraction of sp³-hybridized carbons (Fsp3) is 0.729. The zero-order valence-corrected chi connectivity index (χ0v) is 43.7. The summed E-state index contributed by atoms with van der Waals surface area (Å²) in [7, 11) is 1.57. The van der Waals surface area contributed by atoms with Crippen molar-refractivity contribution in [1.29, 1.82) is 0 Å². The Morgan fingerprint density at radius 1 is 0.456 bits per heavy atom. The molecule has 0 fully saturated rings. The summed E-state index contributed by atoms with van der Waals surface area (Å²) in [6.07, 6.45) is 43.1. The lowest BCUT2D eigenvalue weighted by Gasteiger charge is -2.22. The summed E-state index contributed by atoms with van der Waals surface area (Å²) in [6, 6.07) is 9.46. The SMILES string of the molecule is C=CC(=O)OC(COCCCCCCCCCCCCCCCCCC)COc1cc(OC)c(OCC(COCCCCCCCCCCCCCCCCCC)OC(=O)C=C)c2ccccc12. The van der Waals surface area contributed by atoms with Gasteiger partial charge in [-0.3, -0.25) is 0 Å². The summed E-state index contributed by atoms with van der Waals surface area (Å²) in [5, 5.41) is 1.54. The molecule has 2 aromatic carbocycles. The first-order valence-electron chi connectivity index (χ1n) is 27.6. The number of esters is 2. The summed E-state index contributed by atoms with van der Waals surface area (Å²) in [4.78, 5) is 24.6. The van der Waals surface area contributed by atoms with Gasteiger partial charge < -0.3 is 33.2 Å². The minimum absolute atomic E-state index is 0.0510. The van der Waals surface area contributed by atoms with Crippen molar-refractivity contribution in [2.45, 2.75) is 232 Å². The smallest absolute Gasteiger partial charge is 0.330 e. The van der Waals surface area contributed by atoms with Crippen LogP contribution in [0.3, 0.4) is 0 Å². The molecule has 2 atom stereocenters. The highest BCUT2D eigenvalue weighted by Gasteiger charge is 2.21. The van der Waals surface area contributed by atoms with Crippen molar-refractivity contribution in [2.24, 2.45) is 0 Å². The number of methoxy groups -OCH3 is 1. The lowest BCUT2D eigenvalue weighted by atomic mass is 10.0. The molecule has 0 aromatic heterocycles. The van der Waals surface area contributed by atoms with Gasteiger partial charge in [-0.2, -0.15) is 0 Å². The number of hydrogen-bond donors (Lipinski definition) is 0. The highest BCUT2D eigenvalue weighted by molar-refractivity contribution is 5.95. The number of benzene rings is 2. The summed E-state index contributed by atoms with van der Waals surface area (Å²) in [6.45, 7) is 13.4. The summed E-state index contributed by atoms with van der Waals surface area (Å²) in [5.74, 6) is 0.409. The van der Waals surface area contributed by atoms with E-state index in [4.69, 9.17) is 33.2 Å². The number of carbonyl (C=O) groups excluding carboxylic acids is 2. The van der Waals surface area contributed by atoms with Gasteiger partial charge in [0.2, 0.25) is 0 Å². The Hall–Kier alpha value is -3.56. The van der Waals surface area contributed by atoms with E-state index in [9.17, 15) is 9.59 Å². The van der Waals surface area contributed by atoms with Crippen LogP contribution in [0.15, 0.2) is 55.6 Å². The minimum Gasteiger partial charge on any atom is -0.493 e. The lowest BCUT2D eigenvalue weighted by molar-refractivity contribution is -0.148. The molecule has 2 unspecified atom stereocenters. The van der Waals surface area contributed by atoms with Crippen LogP contribution in [0.5, 0.6) is 17.2 Å². The van der Waals surface area contributed by atoms with Gasteiger partial charge in [0.1, 0.15) is 19.0 Å². The largest absolute Gasteiger partial charge is 0.493 e. The molecule has 388 valence electrons. The Morgan fingerprint density at radius 3 is 1.15 bits per heavy atom. The molecule has 0 aliphatic heterocycles. The molecule has 0 aliphatic carbocycles. The molecule has 0 saturated heterocycles. The van der Waals surface area contributed by atoms with Crippen LogP contribution in [0, 0.1) is 0 Å². The van der Waals surface area contributed by atoms with Crippen LogP contribution in [-0.4, -0.2) is 70.9 Å². The Morgan fingerprint density at radius 2 is 0.794 bits per heavy atom. The second-order valence-corrected chi connectivity index (χ2v) is 18.9. The zero-order valence-electron chi connectivity index (χ0n) is 43.7. The number of unbranched alkanes of at least 4 members (excludes halogenated alkanes) is 30. The van der Waals surface area contributed by atoms with Gasteiger partial charge in [-0.05, 0) is 12.8 Å². The zero-order chi connectivity index (χ0) is 49.0. The van der Waals surface area contributed by atoms with Crippen LogP contribution in [-0.2, 0) is 28.5 Å². The van der Waals surface area contributed by atoms with E-state index in [2.05, 4.69) is 27.0 Å². The van der Waals surface area contributed by atoms with Gasteiger partial charge in [0, 0.05) is 42.2 Å². The molecule has 0 N–H and O–H groups in total. The summed E-state index contributed by atoms with van der Waals surface area (Å²) < 4.78 is 41.7. The number of hydrogen-bond acceptors (Lipinski definition) is 9. The average molecular weight is 951 g/mol. The van der Waals surface area contributed by atoms with Gasteiger partial charge in [0.25, 0.3) is 0 Å². The third-order valence-electron chi connectivity index (χ3n) is 12.8. The molecular formula is C59H98O9. The summed E-state index contributed by atoms with van der Waals surface area (Å²) >= 11 is 0. The Kier molecular flexibility index (Phi) is 38.7. The molecule has 0 spiro atoms. The van der Waals surface area contributed by atoms with E-state index >= 15 is 0 Å². The van der Waals surface area contributed by atoms with Gasteiger partial charge in [-0.1, -0.05) is 244 Å². The third-order valence-corrected chi connectivity index (χ3v) is 12.8. The van der Waals surface area contributed by atoms with Crippen LogP contribution < -0.4 is 14.2 Å².